The van der Waals surface area contributed by atoms with E-state index in [1.54, 1.807) is 0 Å². The third kappa shape index (κ3) is 19.0. The van der Waals surface area contributed by atoms with Crippen molar-refractivity contribution in [3.05, 3.63) is 48.6 Å². The minimum absolute atomic E-state index is 0.838. The van der Waals surface area contributed by atoms with Gasteiger partial charge < -0.3 is 0 Å². The minimum atomic E-state index is 0.838. The summed E-state index contributed by atoms with van der Waals surface area (Å²) in [4.78, 5) is 0. The SMILES string of the molecule is CCCCC/C=C\CC/C=C/C=C\C/C=C\CCCC(C)C. The Morgan fingerprint density at radius 2 is 1.27 bits per heavy atom. The molecular weight excluding hydrogens is 264 g/mol. The second kappa shape index (κ2) is 18.0. The highest BCUT2D eigenvalue weighted by Gasteiger charge is 1.90. The molecule has 0 N–H and O–H groups in total. The fourth-order valence-electron chi connectivity index (χ4n) is 2.21. The van der Waals surface area contributed by atoms with Crippen LogP contribution in [0.3, 0.4) is 0 Å². The molecule has 0 aromatic heterocycles. The Morgan fingerprint density at radius 1 is 0.636 bits per heavy atom. The Kier molecular flexibility index (Phi) is 17.2. The van der Waals surface area contributed by atoms with Crippen LogP contribution >= 0.6 is 0 Å². The normalized spacial score (nSPS) is 12.9. The Balaban J connectivity index is 3.39. The summed E-state index contributed by atoms with van der Waals surface area (Å²) in [6.45, 7) is 6.84. The maximum atomic E-state index is 2.34. The van der Waals surface area contributed by atoms with Crippen molar-refractivity contribution in [2.75, 3.05) is 0 Å². The molecule has 0 nitrogen and oxygen atoms in total. The molecule has 0 spiro atoms. The van der Waals surface area contributed by atoms with Gasteiger partial charge in [-0.3, -0.25) is 0 Å². The largest absolute Gasteiger partial charge is 0.0885 e. The molecule has 0 aromatic carbocycles. The standard InChI is InChI=1S/C22H38/c1-4-5-6-7-8-9-10-11-12-13-14-15-16-17-18-19-20-21-22(2)3/h8-9,12-15,17-18,22H,4-7,10-11,16,19-21H2,1-3H3/b9-8-,13-12+,15-14-,18-17-. The van der Waals surface area contributed by atoms with Crippen molar-refractivity contribution in [1.29, 1.82) is 0 Å². The van der Waals surface area contributed by atoms with Crippen molar-refractivity contribution < 1.29 is 0 Å². The van der Waals surface area contributed by atoms with E-state index >= 15 is 0 Å². The van der Waals surface area contributed by atoms with Crippen molar-refractivity contribution >= 4 is 0 Å². The predicted molar refractivity (Wildman–Crippen MR) is 103 cm³/mol. The summed E-state index contributed by atoms with van der Waals surface area (Å²) in [5.41, 5.74) is 0. The molecule has 22 heavy (non-hydrogen) atoms. The van der Waals surface area contributed by atoms with Crippen LogP contribution in [0.2, 0.25) is 0 Å². The third-order valence-corrected chi connectivity index (χ3v) is 3.62. The zero-order chi connectivity index (χ0) is 16.3. The molecule has 0 unspecified atom stereocenters. The van der Waals surface area contributed by atoms with Crippen LogP contribution in [0, 0.1) is 5.92 Å². The molecule has 0 bridgehead atoms. The van der Waals surface area contributed by atoms with E-state index in [1.165, 1.54) is 51.4 Å². The molecular formula is C22H38. The second-order valence-corrected chi connectivity index (χ2v) is 6.43. The van der Waals surface area contributed by atoms with Gasteiger partial charge >= 0.3 is 0 Å². The fourth-order valence-corrected chi connectivity index (χ4v) is 2.21. The lowest BCUT2D eigenvalue weighted by molar-refractivity contribution is 0.559. The smallest absolute Gasteiger partial charge is 0.0166 e. The Hall–Kier alpha value is -1.04. The van der Waals surface area contributed by atoms with Gasteiger partial charge in [0.05, 0.1) is 0 Å². The van der Waals surface area contributed by atoms with Gasteiger partial charge in [0.1, 0.15) is 0 Å². The molecule has 126 valence electrons. The zero-order valence-electron chi connectivity index (χ0n) is 15.3. The summed E-state index contributed by atoms with van der Waals surface area (Å²) < 4.78 is 0. The van der Waals surface area contributed by atoms with Crippen LogP contribution in [0.25, 0.3) is 0 Å². The van der Waals surface area contributed by atoms with E-state index in [1.807, 2.05) is 0 Å². The molecule has 0 atom stereocenters. The summed E-state index contributed by atoms with van der Waals surface area (Å²) >= 11 is 0. The zero-order valence-corrected chi connectivity index (χ0v) is 15.3. The summed E-state index contributed by atoms with van der Waals surface area (Å²) in [5.74, 6) is 0.838. The molecule has 0 aliphatic carbocycles. The number of hydrogen-bond acceptors (Lipinski definition) is 0. The molecule has 0 radical (unpaired) electrons. The maximum Gasteiger partial charge on any atom is -0.0166 e. The van der Waals surface area contributed by atoms with Crippen molar-refractivity contribution in [1.82, 2.24) is 0 Å². The van der Waals surface area contributed by atoms with E-state index in [-0.39, 0.29) is 0 Å². The molecule has 0 heterocycles. The average molecular weight is 303 g/mol. The van der Waals surface area contributed by atoms with Gasteiger partial charge in [-0.1, -0.05) is 88.6 Å². The fraction of sp³-hybridized carbons (Fsp3) is 0.636. The van der Waals surface area contributed by atoms with Gasteiger partial charge in [0.25, 0.3) is 0 Å². The van der Waals surface area contributed by atoms with Gasteiger partial charge in [-0.25, -0.2) is 0 Å². The molecule has 0 aromatic rings. The van der Waals surface area contributed by atoms with Gasteiger partial charge in [0.2, 0.25) is 0 Å². The molecule has 0 saturated carbocycles. The van der Waals surface area contributed by atoms with Crippen LogP contribution < -0.4 is 0 Å². The molecule has 0 heteroatoms. The van der Waals surface area contributed by atoms with Gasteiger partial charge in [0.15, 0.2) is 0 Å². The van der Waals surface area contributed by atoms with Crippen molar-refractivity contribution in [2.24, 2.45) is 5.92 Å². The van der Waals surface area contributed by atoms with E-state index in [0.717, 1.165) is 18.8 Å². The van der Waals surface area contributed by atoms with Crippen LogP contribution in [0.1, 0.15) is 85.0 Å². The first-order valence-electron chi connectivity index (χ1n) is 9.39. The summed E-state index contributed by atoms with van der Waals surface area (Å²) in [6, 6.07) is 0. The van der Waals surface area contributed by atoms with E-state index in [0.29, 0.717) is 0 Å². The van der Waals surface area contributed by atoms with Gasteiger partial charge in [-0.15, -0.1) is 0 Å². The van der Waals surface area contributed by atoms with E-state index in [9.17, 15) is 0 Å². The number of rotatable bonds is 14. The first-order chi connectivity index (χ1) is 10.8. The van der Waals surface area contributed by atoms with Gasteiger partial charge in [0, 0.05) is 0 Å². The molecule has 0 rings (SSSR count). The van der Waals surface area contributed by atoms with E-state index in [2.05, 4.69) is 69.4 Å². The topological polar surface area (TPSA) is 0 Å². The molecule has 0 fully saturated rings. The van der Waals surface area contributed by atoms with Gasteiger partial charge in [-0.05, 0) is 50.9 Å². The number of unbranched alkanes of at least 4 members (excludes halogenated alkanes) is 5. The minimum Gasteiger partial charge on any atom is -0.0885 e. The molecule has 0 aliphatic rings. The quantitative estimate of drug-likeness (QED) is 0.174. The van der Waals surface area contributed by atoms with Crippen LogP contribution in [0.4, 0.5) is 0 Å². The van der Waals surface area contributed by atoms with Crippen molar-refractivity contribution in [2.45, 2.75) is 85.0 Å². The van der Waals surface area contributed by atoms with Gasteiger partial charge in [-0.2, -0.15) is 0 Å². The second-order valence-electron chi connectivity index (χ2n) is 6.43. The van der Waals surface area contributed by atoms with E-state index in [4.69, 9.17) is 0 Å². The monoisotopic (exact) mass is 302 g/mol. The van der Waals surface area contributed by atoms with Crippen LogP contribution in [-0.2, 0) is 0 Å². The molecule has 0 saturated heterocycles. The van der Waals surface area contributed by atoms with E-state index < -0.39 is 0 Å². The maximum absolute atomic E-state index is 2.34. The first kappa shape index (κ1) is 21.0. The lowest BCUT2D eigenvalue weighted by atomic mass is 10.1. The Morgan fingerprint density at radius 3 is 2.05 bits per heavy atom. The highest BCUT2D eigenvalue weighted by molar-refractivity contribution is 5.05. The summed E-state index contributed by atoms with van der Waals surface area (Å²) in [6.07, 6.45) is 30.7. The summed E-state index contributed by atoms with van der Waals surface area (Å²) in [5, 5.41) is 0. The lowest BCUT2D eigenvalue weighted by Crippen LogP contribution is -1.84. The highest BCUT2D eigenvalue weighted by atomic mass is 14.0. The number of hydrogen-bond donors (Lipinski definition) is 0. The summed E-state index contributed by atoms with van der Waals surface area (Å²) in [7, 11) is 0. The molecule has 0 aliphatic heterocycles. The van der Waals surface area contributed by atoms with Crippen molar-refractivity contribution in [3.8, 4) is 0 Å². The number of allylic oxidation sites excluding steroid dienone is 8. The lowest BCUT2D eigenvalue weighted by Gasteiger charge is -2.00. The Labute approximate surface area is 140 Å². The first-order valence-corrected chi connectivity index (χ1v) is 9.39. The van der Waals surface area contributed by atoms with Crippen molar-refractivity contribution in [3.63, 3.8) is 0 Å². The van der Waals surface area contributed by atoms with Crippen LogP contribution in [0.5, 0.6) is 0 Å². The van der Waals surface area contributed by atoms with Crippen LogP contribution in [-0.4, -0.2) is 0 Å². The predicted octanol–water partition coefficient (Wildman–Crippen LogP) is 7.79. The molecule has 0 amide bonds. The highest BCUT2D eigenvalue weighted by Crippen LogP contribution is 2.06. The third-order valence-electron chi connectivity index (χ3n) is 3.62. The Bertz CT molecular complexity index is 315. The van der Waals surface area contributed by atoms with Crippen LogP contribution in [0.15, 0.2) is 48.6 Å². The average Bonchev–Trinajstić information content (AvgIpc) is 2.50.